The first-order chi connectivity index (χ1) is 3.98. The van der Waals surface area contributed by atoms with Gasteiger partial charge in [-0.25, -0.2) is 10.5 Å². The highest BCUT2D eigenvalue weighted by Gasteiger charge is 2.22. The molecule has 1 unspecified atom stereocenters. The highest BCUT2D eigenvalue weighted by molar-refractivity contribution is 7.53. The first kappa shape index (κ1) is 8.58. The average molecular weight is 155 g/mol. The number of rotatable bonds is 3. The first-order valence-corrected chi connectivity index (χ1v) is 3.66. The Kier molecular flexibility index (Phi) is 2.80. The van der Waals surface area contributed by atoms with Crippen molar-refractivity contribution in [1.82, 2.24) is 0 Å². The molecule has 0 radical (unpaired) electrons. The van der Waals surface area contributed by atoms with Crippen LogP contribution in [0.15, 0.2) is 0 Å². The summed E-state index contributed by atoms with van der Waals surface area (Å²) in [5.74, 6) is 2.85. The summed E-state index contributed by atoms with van der Waals surface area (Å²) < 4.78 is 13.7. The van der Waals surface area contributed by atoms with Gasteiger partial charge in [0, 0.05) is 0 Å². The number of aliphatic carboxylic acids is 1. The molecular formula is C2H6NO5P. The van der Waals surface area contributed by atoms with E-state index < -0.39 is 19.7 Å². The quantitative estimate of drug-likeness (QED) is 0.361. The highest BCUT2D eigenvalue weighted by atomic mass is 31.2. The smallest absolute Gasteiger partial charge is 0.355 e. The van der Waals surface area contributed by atoms with E-state index in [0.717, 1.165) is 0 Å². The standard InChI is InChI=1S/C2H6NO5P/c3-8-9(6,7)1-2(4)5/h1,3H2,(H,4,5)(H,6,7). The van der Waals surface area contributed by atoms with Gasteiger partial charge in [-0.3, -0.25) is 9.36 Å². The Morgan fingerprint density at radius 2 is 2.22 bits per heavy atom. The van der Waals surface area contributed by atoms with Crippen LogP contribution in [0.25, 0.3) is 0 Å². The number of carboxylic acids is 1. The van der Waals surface area contributed by atoms with Gasteiger partial charge in [-0.15, -0.1) is 0 Å². The summed E-state index contributed by atoms with van der Waals surface area (Å²) >= 11 is 0. The molecule has 0 aliphatic carbocycles. The number of carboxylic acid groups (broad SMARTS) is 1. The van der Waals surface area contributed by atoms with Crippen LogP contribution in [-0.2, 0) is 14.0 Å². The molecule has 0 saturated heterocycles. The van der Waals surface area contributed by atoms with Crippen LogP contribution in [0.2, 0.25) is 0 Å². The van der Waals surface area contributed by atoms with E-state index in [1.54, 1.807) is 0 Å². The number of nitrogens with two attached hydrogens (primary N) is 1. The van der Waals surface area contributed by atoms with E-state index >= 15 is 0 Å². The lowest BCUT2D eigenvalue weighted by molar-refractivity contribution is -0.134. The molecule has 0 heterocycles. The Labute approximate surface area is 50.7 Å². The molecule has 6 nitrogen and oxygen atoms in total. The fourth-order valence-corrected chi connectivity index (χ4v) is 0.625. The van der Waals surface area contributed by atoms with E-state index in [1.165, 1.54) is 0 Å². The van der Waals surface area contributed by atoms with Gasteiger partial charge in [-0.05, 0) is 0 Å². The van der Waals surface area contributed by atoms with E-state index in [0.29, 0.717) is 0 Å². The van der Waals surface area contributed by atoms with E-state index in [9.17, 15) is 9.36 Å². The molecule has 0 aliphatic heterocycles. The highest BCUT2D eigenvalue weighted by Crippen LogP contribution is 2.38. The Morgan fingerprint density at radius 1 is 1.78 bits per heavy atom. The lowest BCUT2D eigenvalue weighted by Gasteiger charge is -2.01. The summed E-state index contributed by atoms with van der Waals surface area (Å²) in [6.07, 6.45) is -0.969. The molecule has 0 rings (SSSR count). The second-order valence-corrected chi connectivity index (χ2v) is 3.10. The van der Waals surface area contributed by atoms with Crippen LogP contribution in [0.5, 0.6) is 0 Å². The lowest BCUT2D eigenvalue weighted by atomic mass is 10.8. The van der Waals surface area contributed by atoms with Crippen molar-refractivity contribution < 1.29 is 24.0 Å². The minimum Gasteiger partial charge on any atom is -0.481 e. The van der Waals surface area contributed by atoms with Crippen LogP contribution in [0.4, 0.5) is 0 Å². The molecule has 0 saturated carbocycles. The molecule has 9 heavy (non-hydrogen) atoms. The maximum Gasteiger partial charge on any atom is 0.355 e. The molecule has 7 heteroatoms. The van der Waals surface area contributed by atoms with Crippen LogP contribution in [-0.4, -0.2) is 22.1 Å². The maximum atomic E-state index is 10.2. The molecule has 0 fully saturated rings. The number of hydrogen-bond acceptors (Lipinski definition) is 4. The van der Waals surface area contributed by atoms with Gasteiger partial charge in [0.25, 0.3) is 0 Å². The number of hydrogen-bond donors (Lipinski definition) is 3. The van der Waals surface area contributed by atoms with Crippen molar-refractivity contribution in [2.45, 2.75) is 0 Å². The largest absolute Gasteiger partial charge is 0.481 e. The zero-order valence-corrected chi connectivity index (χ0v) is 5.25. The predicted octanol–water partition coefficient (Wildman–Crippen LogP) is -0.853. The van der Waals surface area contributed by atoms with Crippen molar-refractivity contribution in [2.24, 2.45) is 5.90 Å². The van der Waals surface area contributed by atoms with Crippen molar-refractivity contribution in [3.05, 3.63) is 0 Å². The van der Waals surface area contributed by atoms with Crippen molar-refractivity contribution in [3.8, 4) is 0 Å². The van der Waals surface area contributed by atoms with Crippen LogP contribution in [0.3, 0.4) is 0 Å². The van der Waals surface area contributed by atoms with Crippen LogP contribution in [0.1, 0.15) is 0 Å². The molecule has 0 amide bonds. The Morgan fingerprint density at radius 3 is 2.33 bits per heavy atom. The third-order valence-corrected chi connectivity index (χ3v) is 1.50. The normalized spacial score (nSPS) is 16.7. The SMILES string of the molecule is NOP(=O)(O)CC(=O)O. The Balaban J connectivity index is 3.88. The minimum atomic E-state index is -4.05. The molecule has 0 aromatic rings. The lowest BCUT2D eigenvalue weighted by Crippen LogP contribution is -2.07. The van der Waals surface area contributed by atoms with Gasteiger partial charge in [0.2, 0.25) is 0 Å². The van der Waals surface area contributed by atoms with Crippen molar-refractivity contribution >= 4 is 13.6 Å². The van der Waals surface area contributed by atoms with Gasteiger partial charge in [-0.1, -0.05) is 0 Å². The average Bonchev–Trinajstić information content (AvgIpc) is 1.63. The van der Waals surface area contributed by atoms with Gasteiger partial charge >= 0.3 is 13.6 Å². The molecule has 1 atom stereocenters. The Bertz CT molecular complexity index is 155. The third kappa shape index (κ3) is 4.11. The molecule has 0 aromatic carbocycles. The molecule has 0 spiro atoms. The van der Waals surface area contributed by atoms with Crippen LogP contribution < -0.4 is 5.90 Å². The van der Waals surface area contributed by atoms with Crippen molar-refractivity contribution in [3.63, 3.8) is 0 Å². The summed E-state index contributed by atoms with van der Waals surface area (Å²) in [7, 11) is -4.05. The maximum absolute atomic E-state index is 10.2. The van der Waals surface area contributed by atoms with Crippen molar-refractivity contribution in [2.75, 3.05) is 6.16 Å². The van der Waals surface area contributed by atoms with Gasteiger partial charge in [0.1, 0.15) is 6.16 Å². The van der Waals surface area contributed by atoms with E-state index in [-0.39, 0.29) is 0 Å². The summed E-state index contributed by atoms with van der Waals surface area (Å²) in [5.41, 5.74) is 0. The summed E-state index contributed by atoms with van der Waals surface area (Å²) in [6.45, 7) is 0. The Hall–Kier alpha value is -0.420. The molecule has 0 aliphatic rings. The zero-order chi connectivity index (χ0) is 7.49. The first-order valence-electron chi connectivity index (χ1n) is 1.90. The minimum absolute atomic E-state index is 0.969. The molecule has 0 aromatic heterocycles. The van der Waals surface area contributed by atoms with E-state index in [1.807, 2.05) is 0 Å². The van der Waals surface area contributed by atoms with Crippen molar-refractivity contribution in [1.29, 1.82) is 0 Å². The summed E-state index contributed by atoms with van der Waals surface area (Å²) in [5, 5.41) is 7.91. The van der Waals surface area contributed by atoms with E-state index in [4.69, 9.17) is 10.00 Å². The predicted molar refractivity (Wildman–Crippen MR) is 27.6 cm³/mol. The number of carbonyl (C=O) groups is 1. The van der Waals surface area contributed by atoms with Crippen LogP contribution in [0, 0.1) is 0 Å². The fraction of sp³-hybridized carbons (Fsp3) is 0.500. The molecule has 0 bridgehead atoms. The van der Waals surface area contributed by atoms with Crippen LogP contribution >= 0.6 is 7.60 Å². The topological polar surface area (TPSA) is 110 Å². The monoisotopic (exact) mass is 155 g/mol. The molecular weight excluding hydrogens is 149 g/mol. The van der Waals surface area contributed by atoms with Gasteiger partial charge in [-0.2, -0.15) is 0 Å². The van der Waals surface area contributed by atoms with Gasteiger partial charge < -0.3 is 10.00 Å². The molecule has 54 valence electrons. The van der Waals surface area contributed by atoms with Gasteiger partial charge in [0.15, 0.2) is 0 Å². The summed E-state index contributed by atoms with van der Waals surface area (Å²) in [6, 6.07) is 0. The third-order valence-electron chi connectivity index (χ3n) is 0.500. The zero-order valence-electron chi connectivity index (χ0n) is 4.35. The van der Waals surface area contributed by atoms with E-state index in [2.05, 4.69) is 10.5 Å². The second kappa shape index (κ2) is 2.93. The fourth-order valence-electron chi connectivity index (χ4n) is 0.208. The second-order valence-electron chi connectivity index (χ2n) is 1.29. The molecule has 4 N–H and O–H groups in total. The van der Waals surface area contributed by atoms with Gasteiger partial charge in [0.05, 0.1) is 0 Å². The summed E-state index contributed by atoms with van der Waals surface area (Å²) in [4.78, 5) is 18.0.